The predicted octanol–water partition coefficient (Wildman–Crippen LogP) is 5.58. The molecule has 0 saturated carbocycles. The molecule has 138 valence electrons. The third-order valence-corrected chi connectivity index (χ3v) is 4.84. The first-order valence-corrected chi connectivity index (χ1v) is 9.75. The van der Waals surface area contributed by atoms with Gasteiger partial charge in [0, 0.05) is 15.9 Å². The second kappa shape index (κ2) is 8.92. The molecule has 0 radical (unpaired) electrons. The van der Waals surface area contributed by atoms with Crippen LogP contribution in [0.25, 0.3) is 6.08 Å². The van der Waals surface area contributed by atoms with Gasteiger partial charge in [0.1, 0.15) is 18.2 Å². The lowest BCUT2D eigenvalue weighted by molar-refractivity contribution is -0.111. The van der Waals surface area contributed by atoms with Crippen LogP contribution in [-0.4, -0.2) is 10.9 Å². The number of amides is 1. The fraction of sp³-hybridized carbons (Fsp3) is 0.100. The number of rotatable bonds is 6. The van der Waals surface area contributed by atoms with Crippen LogP contribution in [-0.2, 0) is 11.4 Å². The second-order valence-corrected chi connectivity index (χ2v) is 7.64. The number of halogens is 2. The lowest BCUT2D eigenvalue weighted by Gasteiger charge is -2.05. The van der Waals surface area contributed by atoms with Crippen LogP contribution in [0.3, 0.4) is 0 Å². The van der Waals surface area contributed by atoms with Gasteiger partial charge in [-0.1, -0.05) is 28.1 Å². The van der Waals surface area contributed by atoms with E-state index < -0.39 is 11.7 Å². The first-order valence-electron chi connectivity index (χ1n) is 8.07. The van der Waals surface area contributed by atoms with Gasteiger partial charge in [-0.15, -0.1) is 11.3 Å². The van der Waals surface area contributed by atoms with E-state index in [0.29, 0.717) is 16.8 Å². The van der Waals surface area contributed by atoms with Crippen molar-refractivity contribution in [3.05, 3.63) is 80.5 Å². The molecule has 0 bridgehead atoms. The summed E-state index contributed by atoms with van der Waals surface area (Å²) in [5, 5.41) is 5.47. The molecule has 0 atom stereocenters. The van der Waals surface area contributed by atoms with Crippen LogP contribution in [0.2, 0.25) is 0 Å². The number of nitrogens with zero attached hydrogens (tertiary/aromatic N) is 1. The fourth-order valence-electron chi connectivity index (χ4n) is 2.28. The Morgan fingerprint density at radius 2 is 2.19 bits per heavy atom. The molecule has 27 heavy (non-hydrogen) atoms. The Bertz CT molecular complexity index is 988. The molecule has 0 aliphatic rings. The van der Waals surface area contributed by atoms with Crippen molar-refractivity contribution in [2.45, 2.75) is 13.5 Å². The highest BCUT2D eigenvalue weighted by molar-refractivity contribution is 9.10. The number of hydrogen-bond acceptors (Lipinski definition) is 4. The van der Waals surface area contributed by atoms with E-state index in [9.17, 15) is 9.18 Å². The van der Waals surface area contributed by atoms with Crippen molar-refractivity contribution in [2.75, 3.05) is 5.32 Å². The van der Waals surface area contributed by atoms with Gasteiger partial charge in [-0.3, -0.25) is 4.79 Å². The van der Waals surface area contributed by atoms with Crippen LogP contribution in [0, 0.1) is 12.7 Å². The molecule has 1 N–H and O–H groups in total. The first kappa shape index (κ1) is 19.3. The van der Waals surface area contributed by atoms with Crippen molar-refractivity contribution in [3.63, 3.8) is 0 Å². The average Bonchev–Trinajstić information content (AvgIpc) is 3.06. The summed E-state index contributed by atoms with van der Waals surface area (Å²) in [6, 6.07) is 11.8. The Morgan fingerprint density at radius 3 is 2.93 bits per heavy atom. The highest BCUT2D eigenvalue weighted by Crippen LogP contribution is 2.20. The number of carbonyl (C=O) groups excluding carboxylic acids is 1. The Balaban J connectivity index is 1.60. The van der Waals surface area contributed by atoms with Gasteiger partial charge in [0.25, 0.3) is 0 Å². The van der Waals surface area contributed by atoms with E-state index in [2.05, 4.69) is 26.2 Å². The summed E-state index contributed by atoms with van der Waals surface area (Å²) < 4.78 is 20.1. The molecule has 0 unspecified atom stereocenters. The number of carbonyl (C=O) groups is 1. The minimum Gasteiger partial charge on any atom is -0.487 e. The molecule has 1 amide bonds. The van der Waals surface area contributed by atoms with Crippen LogP contribution in [0.15, 0.2) is 58.4 Å². The summed E-state index contributed by atoms with van der Waals surface area (Å²) in [5.74, 6) is -0.235. The standard InChI is InChI=1S/C20H16BrFN2O2S/c1-13-23-16(12-27-13)11-26-17-4-2-3-14(9-17)5-8-20(25)24-19-7-6-15(21)10-18(19)22/h2-10,12H,11H2,1H3,(H,24,25)/b8-5+. The summed E-state index contributed by atoms with van der Waals surface area (Å²) in [4.78, 5) is 16.4. The maximum atomic E-state index is 13.8. The van der Waals surface area contributed by atoms with Gasteiger partial charge in [0.15, 0.2) is 0 Å². The monoisotopic (exact) mass is 446 g/mol. The second-order valence-electron chi connectivity index (χ2n) is 5.67. The molecule has 3 rings (SSSR count). The molecule has 0 aliphatic heterocycles. The van der Waals surface area contributed by atoms with Crippen LogP contribution in [0.1, 0.15) is 16.3 Å². The molecule has 0 saturated heterocycles. The molecular formula is C20H16BrFN2O2S. The molecule has 2 aromatic carbocycles. The first-order chi connectivity index (χ1) is 13.0. The molecule has 0 spiro atoms. The van der Waals surface area contributed by atoms with Crippen molar-refractivity contribution in [3.8, 4) is 5.75 Å². The number of aromatic nitrogens is 1. The van der Waals surface area contributed by atoms with E-state index in [1.165, 1.54) is 18.2 Å². The minimum absolute atomic E-state index is 0.128. The molecule has 3 aromatic rings. The molecule has 1 aromatic heterocycles. The zero-order chi connectivity index (χ0) is 19.2. The lowest BCUT2D eigenvalue weighted by atomic mass is 10.2. The van der Waals surface area contributed by atoms with E-state index in [1.54, 1.807) is 23.5 Å². The Labute approximate surface area is 168 Å². The smallest absolute Gasteiger partial charge is 0.248 e. The molecule has 0 aliphatic carbocycles. The summed E-state index contributed by atoms with van der Waals surface area (Å²) in [7, 11) is 0. The van der Waals surface area contributed by atoms with Crippen LogP contribution in [0.4, 0.5) is 10.1 Å². The van der Waals surface area contributed by atoms with E-state index >= 15 is 0 Å². The van der Waals surface area contributed by atoms with Crippen molar-refractivity contribution < 1.29 is 13.9 Å². The number of benzene rings is 2. The Hall–Kier alpha value is -2.51. The molecule has 1 heterocycles. The van der Waals surface area contributed by atoms with Gasteiger partial charge in [0.2, 0.25) is 5.91 Å². The van der Waals surface area contributed by atoms with Gasteiger partial charge in [-0.25, -0.2) is 9.37 Å². The Kier molecular flexibility index (Phi) is 6.36. The lowest BCUT2D eigenvalue weighted by Crippen LogP contribution is -2.09. The predicted molar refractivity (Wildman–Crippen MR) is 109 cm³/mol. The van der Waals surface area contributed by atoms with Crippen molar-refractivity contribution in [2.24, 2.45) is 0 Å². The normalized spacial score (nSPS) is 10.9. The number of ether oxygens (including phenoxy) is 1. The van der Waals surface area contributed by atoms with Crippen molar-refractivity contribution in [1.29, 1.82) is 0 Å². The third kappa shape index (κ3) is 5.74. The number of nitrogens with one attached hydrogen (secondary N) is 1. The molecule has 7 heteroatoms. The van der Waals surface area contributed by atoms with Gasteiger partial charge < -0.3 is 10.1 Å². The zero-order valence-electron chi connectivity index (χ0n) is 14.4. The van der Waals surface area contributed by atoms with Crippen LogP contribution >= 0.6 is 27.3 Å². The number of thiazole rings is 1. The van der Waals surface area contributed by atoms with Gasteiger partial charge in [0.05, 0.1) is 16.4 Å². The Morgan fingerprint density at radius 1 is 1.33 bits per heavy atom. The third-order valence-electron chi connectivity index (χ3n) is 3.53. The number of aryl methyl sites for hydroxylation is 1. The van der Waals surface area contributed by atoms with Gasteiger partial charge in [-0.2, -0.15) is 0 Å². The number of hydrogen-bond donors (Lipinski definition) is 1. The highest BCUT2D eigenvalue weighted by atomic mass is 79.9. The van der Waals surface area contributed by atoms with Gasteiger partial charge >= 0.3 is 0 Å². The summed E-state index contributed by atoms with van der Waals surface area (Å²) >= 11 is 4.76. The summed E-state index contributed by atoms with van der Waals surface area (Å²) in [6.45, 7) is 2.34. The fourth-order valence-corrected chi connectivity index (χ4v) is 3.21. The zero-order valence-corrected chi connectivity index (χ0v) is 16.8. The SMILES string of the molecule is Cc1nc(COc2cccc(/C=C/C(=O)Nc3ccc(Br)cc3F)c2)cs1. The van der Waals surface area contributed by atoms with E-state index in [1.807, 2.05) is 36.6 Å². The maximum Gasteiger partial charge on any atom is 0.248 e. The summed E-state index contributed by atoms with van der Waals surface area (Å²) in [5.41, 5.74) is 1.81. The van der Waals surface area contributed by atoms with Crippen molar-refractivity contribution in [1.82, 2.24) is 4.98 Å². The molecule has 0 fully saturated rings. The van der Waals surface area contributed by atoms with E-state index in [4.69, 9.17) is 4.74 Å². The van der Waals surface area contributed by atoms with Crippen molar-refractivity contribution >= 4 is 44.9 Å². The molecular weight excluding hydrogens is 431 g/mol. The average molecular weight is 447 g/mol. The van der Waals surface area contributed by atoms with Gasteiger partial charge in [-0.05, 0) is 48.9 Å². The summed E-state index contributed by atoms with van der Waals surface area (Å²) in [6.07, 6.45) is 3.00. The maximum absolute atomic E-state index is 13.8. The topological polar surface area (TPSA) is 51.2 Å². The molecule has 4 nitrogen and oxygen atoms in total. The van der Waals surface area contributed by atoms with E-state index in [0.717, 1.165) is 16.3 Å². The number of anilines is 1. The van der Waals surface area contributed by atoms with Crippen LogP contribution in [0.5, 0.6) is 5.75 Å². The quantitative estimate of drug-likeness (QED) is 0.502. The highest BCUT2D eigenvalue weighted by Gasteiger charge is 2.05. The minimum atomic E-state index is -0.501. The van der Waals surface area contributed by atoms with Crippen LogP contribution < -0.4 is 10.1 Å². The largest absolute Gasteiger partial charge is 0.487 e. The van der Waals surface area contributed by atoms with E-state index in [-0.39, 0.29) is 5.69 Å².